The molecular formula is C19H25N5O. The Morgan fingerprint density at radius 2 is 1.76 bits per heavy atom. The van der Waals surface area contributed by atoms with Crippen molar-refractivity contribution in [2.75, 3.05) is 44.2 Å². The normalized spacial score (nSPS) is 16.0. The van der Waals surface area contributed by atoms with Crippen LogP contribution in [-0.2, 0) is 4.84 Å². The van der Waals surface area contributed by atoms with Crippen molar-refractivity contribution in [1.82, 2.24) is 14.9 Å². The van der Waals surface area contributed by atoms with Gasteiger partial charge >= 0.3 is 0 Å². The van der Waals surface area contributed by atoms with Gasteiger partial charge in [-0.3, -0.25) is 4.90 Å². The molecular weight excluding hydrogens is 314 g/mol. The van der Waals surface area contributed by atoms with E-state index >= 15 is 0 Å². The third-order valence-electron chi connectivity index (χ3n) is 4.28. The van der Waals surface area contributed by atoms with Crippen molar-refractivity contribution >= 4 is 11.7 Å². The minimum absolute atomic E-state index is 0.589. The number of hydrogen-bond donors (Lipinski definition) is 0. The van der Waals surface area contributed by atoms with Crippen LogP contribution in [0.2, 0.25) is 0 Å². The molecule has 132 valence electrons. The molecule has 6 nitrogen and oxygen atoms in total. The van der Waals surface area contributed by atoms with Crippen LogP contribution in [0, 0.1) is 0 Å². The molecule has 0 radical (unpaired) electrons. The molecule has 25 heavy (non-hydrogen) atoms. The number of rotatable bonds is 7. The van der Waals surface area contributed by atoms with Crippen molar-refractivity contribution in [1.29, 1.82) is 0 Å². The summed E-state index contributed by atoms with van der Waals surface area (Å²) in [7, 11) is 0. The first kappa shape index (κ1) is 17.4. The second kappa shape index (κ2) is 9.13. The molecule has 1 saturated heterocycles. The summed E-state index contributed by atoms with van der Waals surface area (Å²) < 4.78 is 0. The molecule has 0 amide bonds. The number of benzene rings is 1. The predicted molar refractivity (Wildman–Crippen MR) is 99.9 cm³/mol. The van der Waals surface area contributed by atoms with Gasteiger partial charge in [0.2, 0.25) is 5.95 Å². The third kappa shape index (κ3) is 5.00. The summed E-state index contributed by atoms with van der Waals surface area (Å²) in [5, 5.41) is 4.32. The van der Waals surface area contributed by atoms with Gasteiger partial charge in [0.1, 0.15) is 6.61 Å². The lowest BCUT2D eigenvalue weighted by molar-refractivity contribution is 0.157. The van der Waals surface area contributed by atoms with E-state index in [1.165, 1.54) is 0 Å². The highest BCUT2D eigenvalue weighted by Crippen LogP contribution is 2.11. The average Bonchev–Trinajstić information content (AvgIpc) is 2.70. The van der Waals surface area contributed by atoms with Gasteiger partial charge in [0, 0.05) is 51.5 Å². The second-order valence-corrected chi connectivity index (χ2v) is 5.95. The summed E-state index contributed by atoms with van der Waals surface area (Å²) >= 11 is 0. The van der Waals surface area contributed by atoms with Gasteiger partial charge in [0.15, 0.2) is 0 Å². The zero-order valence-corrected chi connectivity index (χ0v) is 14.7. The number of nitrogens with zero attached hydrogens (tertiary/aromatic N) is 5. The van der Waals surface area contributed by atoms with Gasteiger partial charge in [-0.05, 0) is 18.6 Å². The molecule has 3 rings (SSSR count). The van der Waals surface area contributed by atoms with Crippen LogP contribution in [0.1, 0.15) is 18.9 Å². The highest BCUT2D eigenvalue weighted by Gasteiger charge is 2.19. The molecule has 1 aromatic carbocycles. The van der Waals surface area contributed by atoms with Gasteiger partial charge in [-0.25, -0.2) is 9.97 Å². The Morgan fingerprint density at radius 1 is 1.04 bits per heavy atom. The summed E-state index contributed by atoms with van der Waals surface area (Å²) in [5.41, 5.74) is 2.14. The van der Waals surface area contributed by atoms with E-state index in [9.17, 15) is 0 Å². The molecule has 2 aromatic rings. The molecule has 2 heterocycles. The van der Waals surface area contributed by atoms with E-state index in [0.29, 0.717) is 6.61 Å². The number of oxime groups is 1. The average molecular weight is 339 g/mol. The molecule has 1 fully saturated rings. The highest BCUT2D eigenvalue weighted by atomic mass is 16.6. The Kier molecular flexibility index (Phi) is 6.34. The van der Waals surface area contributed by atoms with E-state index < -0.39 is 0 Å². The van der Waals surface area contributed by atoms with Crippen LogP contribution in [0.5, 0.6) is 0 Å². The minimum atomic E-state index is 0.589. The van der Waals surface area contributed by atoms with Crippen molar-refractivity contribution in [3.63, 3.8) is 0 Å². The Bertz CT molecular complexity index is 654. The number of anilines is 1. The summed E-state index contributed by atoms with van der Waals surface area (Å²) in [6.45, 7) is 7.44. The first-order valence-electron chi connectivity index (χ1n) is 8.85. The number of hydrogen-bond acceptors (Lipinski definition) is 6. The van der Waals surface area contributed by atoms with E-state index in [-0.39, 0.29) is 0 Å². The molecule has 0 saturated carbocycles. The largest absolute Gasteiger partial charge is 0.396 e. The number of piperazine rings is 1. The van der Waals surface area contributed by atoms with Crippen molar-refractivity contribution in [2.45, 2.75) is 13.3 Å². The van der Waals surface area contributed by atoms with Crippen LogP contribution >= 0.6 is 0 Å². The summed E-state index contributed by atoms with van der Waals surface area (Å²) in [4.78, 5) is 18.7. The molecule has 1 aromatic heterocycles. The maximum atomic E-state index is 5.31. The molecule has 0 spiro atoms. The fraction of sp³-hybridized carbons (Fsp3) is 0.421. The fourth-order valence-electron chi connectivity index (χ4n) is 2.91. The highest BCUT2D eigenvalue weighted by molar-refractivity contribution is 6.00. The standard InChI is InChI=1S/C19H25N5O/c1-2-25-22-18(17-7-4-3-5-8-17)9-12-23-13-15-24(16-14-23)19-20-10-6-11-21-19/h3-8,10-11H,2,9,12-16H2,1H3/b22-18+. The molecule has 1 aliphatic heterocycles. The maximum absolute atomic E-state index is 5.31. The Balaban J connectivity index is 1.52. The Hall–Kier alpha value is -2.47. The van der Waals surface area contributed by atoms with E-state index in [2.05, 4.69) is 37.1 Å². The van der Waals surface area contributed by atoms with Crippen LogP contribution in [0.3, 0.4) is 0 Å². The predicted octanol–water partition coefficient (Wildman–Crippen LogP) is 2.43. The van der Waals surface area contributed by atoms with Gasteiger partial charge in [0.25, 0.3) is 0 Å². The lowest BCUT2D eigenvalue weighted by atomic mass is 10.1. The zero-order valence-electron chi connectivity index (χ0n) is 14.7. The molecule has 1 aliphatic rings. The van der Waals surface area contributed by atoms with Crippen molar-refractivity contribution in [3.8, 4) is 0 Å². The molecule has 0 aliphatic carbocycles. The van der Waals surface area contributed by atoms with Gasteiger partial charge in [0.05, 0.1) is 5.71 Å². The summed E-state index contributed by atoms with van der Waals surface area (Å²) in [6.07, 6.45) is 4.47. The van der Waals surface area contributed by atoms with Gasteiger partial charge in [-0.1, -0.05) is 35.5 Å². The maximum Gasteiger partial charge on any atom is 0.225 e. The summed E-state index contributed by atoms with van der Waals surface area (Å²) in [5.74, 6) is 0.824. The monoisotopic (exact) mass is 339 g/mol. The first-order valence-corrected chi connectivity index (χ1v) is 8.85. The zero-order chi connectivity index (χ0) is 17.3. The Morgan fingerprint density at radius 3 is 2.44 bits per heavy atom. The van der Waals surface area contributed by atoms with E-state index in [0.717, 1.165) is 56.4 Å². The quantitative estimate of drug-likeness (QED) is 0.573. The van der Waals surface area contributed by atoms with Crippen LogP contribution in [0.4, 0.5) is 5.95 Å². The van der Waals surface area contributed by atoms with Gasteiger partial charge in [-0.15, -0.1) is 0 Å². The molecule has 0 bridgehead atoms. The smallest absolute Gasteiger partial charge is 0.225 e. The summed E-state index contributed by atoms with van der Waals surface area (Å²) in [6, 6.07) is 12.1. The van der Waals surface area contributed by atoms with Crippen molar-refractivity contribution < 1.29 is 4.84 Å². The minimum Gasteiger partial charge on any atom is -0.396 e. The lowest BCUT2D eigenvalue weighted by Crippen LogP contribution is -2.47. The SMILES string of the molecule is CCO/N=C(\CCN1CCN(c2ncccn2)CC1)c1ccccc1. The topological polar surface area (TPSA) is 53.9 Å². The van der Waals surface area contributed by atoms with Gasteiger partial charge in [-0.2, -0.15) is 0 Å². The van der Waals surface area contributed by atoms with Crippen LogP contribution in [-0.4, -0.2) is 59.9 Å². The molecule has 6 heteroatoms. The van der Waals surface area contributed by atoms with E-state index in [1.54, 1.807) is 12.4 Å². The van der Waals surface area contributed by atoms with Crippen LogP contribution < -0.4 is 4.90 Å². The molecule has 0 atom stereocenters. The Labute approximate surface area is 149 Å². The van der Waals surface area contributed by atoms with Crippen LogP contribution in [0.15, 0.2) is 53.9 Å². The molecule has 0 N–H and O–H groups in total. The third-order valence-corrected chi connectivity index (χ3v) is 4.28. The lowest BCUT2D eigenvalue weighted by Gasteiger charge is -2.34. The van der Waals surface area contributed by atoms with Gasteiger partial charge < -0.3 is 9.74 Å². The van der Waals surface area contributed by atoms with Crippen molar-refractivity contribution in [2.24, 2.45) is 5.16 Å². The van der Waals surface area contributed by atoms with Crippen LogP contribution in [0.25, 0.3) is 0 Å². The van der Waals surface area contributed by atoms with E-state index in [1.807, 2.05) is 31.2 Å². The molecule has 0 unspecified atom stereocenters. The van der Waals surface area contributed by atoms with Crippen molar-refractivity contribution in [3.05, 3.63) is 54.4 Å². The second-order valence-electron chi connectivity index (χ2n) is 5.95. The fourth-order valence-corrected chi connectivity index (χ4v) is 2.91. The van der Waals surface area contributed by atoms with E-state index in [4.69, 9.17) is 4.84 Å². The first-order chi connectivity index (χ1) is 12.4. The number of aromatic nitrogens is 2.